The summed E-state index contributed by atoms with van der Waals surface area (Å²) in [6.45, 7) is 0.681. The lowest BCUT2D eigenvalue weighted by Gasteiger charge is -2.11. The third kappa shape index (κ3) is 2.74. The van der Waals surface area contributed by atoms with Gasteiger partial charge in [0.05, 0.1) is 5.69 Å². The number of benzene rings is 1. The highest BCUT2D eigenvalue weighted by Crippen LogP contribution is 2.21. The van der Waals surface area contributed by atoms with E-state index in [0.29, 0.717) is 6.54 Å². The second-order valence-electron chi connectivity index (χ2n) is 5.67. The zero-order chi connectivity index (χ0) is 16.4. The average molecular weight is 313 g/mol. The van der Waals surface area contributed by atoms with Crippen molar-refractivity contribution in [2.24, 2.45) is 0 Å². The van der Waals surface area contributed by atoms with Crippen molar-refractivity contribution in [1.82, 2.24) is 19.6 Å². The summed E-state index contributed by atoms with van der Waals surface area (Å²) in [6, 6.07) is 16.2. The third-order valence-corrected chi connectivity index (χ3v) is 3.91. The largest absolute Gasteiger partial charge is 0.366 e. The summed E-state index contributed by atoms with van der Waals surface area (Å²) in [5, 5.41) is 7.89. The van der Waals surface area contributed by atoms with E-state index in [2.05, 4.69) is 27.5 Å². The van der Waals surface area contributed by atoms with Gasteiger partial charge in [-0.05, 0) is 17.1 Å². The molecule has 4 rings (SSSR count). The van der Waals surface area contributed by atoms with Gasteiger partial charge in [-0.15, -0.1) is 0 Å². The normalized spacial score (nSPS) is 10.8. The maximum absolute atomic E-state index is 4.77. The van der Waals surface area contributed by atoms with Crippen molar-refractivity contribution < 1.29 is 0 Å². The fourth-order valence-electron chi connectivity index (χ4n) is 2.65. The molecule has 0 aliphatic carbocycles. The second-order valence-corrected chi connectivity index (χ2v) is 5.67. The van der Waals surface area contributed by atoms with Crippen LogP contribution in [-0.4, -0.2) is 27.4 Å². The Morgan fingerprint density at radius 1 is 1.04 bits per heavy atom. The Morgan fingerprint density at radius 3 is 2.71 bits per heavy atom. The maximum Gasteiger partial charge on any atom is 0.151 e. The standard InChI is InChI=1S/C18H16BN5/c19-15-12-22-24-17(21-11-13-5-4-8-20-10-13)9-16(23-18(15)24)14-6-2-1-3-7-14/h1-10,12,21H,11,19H2. The maximum atomic E-state index is 4.77. The topological polar surface area (TPSA) is 55.1 Å². The van der Waals surface area contributed by atoms with Crippen LogP contribution in [0.2, 0.25) is 0 Å². The van der Waals surface area contributed by atoms with Gasteiger partial charge < -0.3 is 5.32 Å². The molecule has 0 atom stereocenters. The Balaban J connectivity index is 1.76. The monoisotopic (exact) mass is 313 g/mol. The zero-order valence-electron chi connectivity index (χ0n) is 13.3. The van der Waals surface area contributed by atoms with Crippen LogP contribution in [0, 0.1) is 0 Å². The Kier molecular flexibility index (Phi) is 3.71. The van der Waals surface area contributed by atoms with Gasteiger partial charge in [-0.25, -0.2) is 4.98 Å². The first kappa shape index (κ1) is 14.4. The summed E-state index contributed by atoms with van der Waals surface area (Å²) in [6.07, 6.45) is 5.47. The molecular formula is C18H16BN5. The minimum absolute atomic E-state index is 0.681. The van der Waals surface area contributed by atoms with Gasteiger partial charge in [-0.2, -0.15) is 9.61 Å². The lowest BCUT2D eigenvalue weighted by molar-refractivity contribution is 0.925. The molecule has 24 heavy (non-hydrogen) atoms. The number of hydrogen-bond acceptors (Lipinski definition) is 4. The summed E-state index contributed by atoms with van der Waals surface area (Å²) in [5.74, 6) is 0.913. The molecule has 0 saturated carbocycles. The molecule has 1 aromatic carbocycles. The Hall–Kier alpha value is -3.15. The van der Waals surface area contributed by atoms with Crippen molar-refractivity contribution in [1.29, 1.82) is 0 Å². The van der Waals surface area contributed by atoms with Gasteiger partial charge >= 0.3 is 0 Å². The van der Waals surface area contributed by atoms with Crippen LogP contribution in [0.1, 0.15) is 5.56 Å². The van der Waals surface area contributed by atoms with E-state index in [1.165, 1.54) is 0 Å². The van der Waals surface area contributed by atoms with Crippen molar-refractivity contribution in [3.05, 3.63) is 72.7 Å². The first-order chi connectivity index (χ1) is 11.8. The van der Waals surface area contributed by atoms with E-state index in [0.717, 1.165) is 33.7 Å². The highest BCUT2D eigenvalue weighted by atomic mass is 15.3. The SMILES string of the molecule is Bc1cnn2c(NCc3cccnc3)cc(-c3ccccc3)nc12. The molecule has 3 heterocycles. The summed E-state index contributed by atoms with van der Waals surface area (Å²) >= 11 is 0. The number of hydrogen-bond donors (Lipinski definition) is 1. The number of anilines is 1. The summed E-state index contributed by atoms with van der Waals surface area (Å²) in [7, 11) is 2.02. The Labute approximate surface area is 140 Å². The number of nitrogens with zero attached hydrogens (tertiary/aromatic N) is 4. The smallest absolute Gasteiger partial charge is 0.151 e. The zero-order valence-corrected chi connectivity index (χ0v) is 13.3. The molecule has 0 amide bonds. The van der Waals surface area contributed by atoms with E-state index in [1.54, 1.807) is 6.20 Å². The van der Waals surface area contributed by atoms with Gasteiger partial charge in [-0.1, -0.05) is 36.4 Å². The number of pyridine rings is 1. The van der Waals surface area contributed by atoms with Gasteiger partial charge in [0.1, 0.15) is 13.7 Å². The second kappa shape index (κ2) is 6.16. The van der Waals surface area contributed by atoms with Crippen LogP contribution in [0.25, 0.3) is 16.9 Å². The van der Waals surface area contributed by atoms with Gasteiger partial charge in [0.2, 0.25) is 0 Å². The number of nitrogens with one attached hydrogen (secondary N) is 1. The Bertz CT molecular complexity index is 967. The first-order valence-electron chi connectivity index (χ1n) is 7.85. The van der Waals surface area contributed by atoms with E-state index >= 15 is 0 Å². The molecule has 0 aliphatic heterocycles. The molecule has 0 bridgehead atoms. The van der Waals surface area contributed by atoms with E-state index in [-0.39, 0.29) is 0 Å². The van der Waals surface area contributed by atoms with Crippen molar-refractivity contribution in [3.63, 3.8) is 0 Å². The molecule has 0 aliphatic rings. The highest BCUT2D eigenvalue weighted by molar-refractivity contribution is 6.36. The van der Waals surface area contributed by atoms with Crippen LogP contribution < -0.4 is 10.8 Å². The van der Waals surface area contributed by atoms with E-state index < -0.39 is 0 Å². The van der Waals surface area contributed by atoms with E-state index in [4.69, 9.17) is 4.98 Å². The molecule has 0 radical (unpaired) electrons. The van der Waals surface area contributed by atoms with Crippen LogP contribution in [0.4, 0.5) is 5.82 Å². The van der Waals surface area contributed by atoms with Crippen LogP contribution in [0.15, 0.2) is 67.1 Å². The average Bonchev–Trinajstić information content (AvgIpc) is 3.02. The molecule has 6 heteroatoms. The van der Waals surface area contributed by atoms with E-state index in [1.807, 2.05) is 61.2 Å². The number of fused-ring (bicyclic) bond motifs is 1. The molecule has 1 N–H and O–H groups in total. The first-order valence-corrected chi connectivity index (χ1v) is 7.85. The molecule has 116 valence electrons. The summed E-state index contributed by atoms with van der Waals surface area (Å²) < 4.78 is 1.85. The predicted octanol–water partition coefficient (Wildman–Crippen LogP) is 1.66. The fraction of sp³-hybridized carbons (Fsp3) is 0.0556. The summed E-state index contributed by atoms with van der Waals surface area (Å²) in [5.41, 5.74) is 5.06. The Morgan fingerprint density at radius 2 is 1.92 bits per heavy atom. The molecule has 4 aromatic rings. The molecule has 5 nitrogen and oxygen atoms in total. The third-order valence-electron chi connectivity index (χ3n) is 3.91. The van der Waals surface area contributed by atoms with E-state index in [9.17, 15) is 0 Å². The van der Waals surface area contributed by atoms with Gasteiger partial charge in [0, 0.05) is 36.8 Å². The van der Waals surface area contributed by atoms with Crippen molar-refractivity contribution >= 4 is 24.8 Å². The number of rotatable bonds is 4. The molecule has 0 unspecified atom stereocenters. The lowest BCUT2D eigenvalue weighted by Crippen LogP contribution is -2.09. The van der Waals surface area contributed by atoms with Crippen molar-refractivity contribution in [2.45, 2.75) is 6.54 Å². The quantitative estimate of drug-likeness (QED) is 0.582. The highest BCUT2D eigenvalue weighted by Gasteiger charge is 2.10. The summed E-state index contributed by atoms with van der Waals surface area (Å²) in [4.78, 5) is 8.92. The van der Waals surface area contributed by atoms with Gasteiger partial charge in [0.25, 0.3) is 0 Å². The van der Waals surface area contributed by atoms with Crippen LogP contribution in [0.3, 0.4) is 0 Å². The van der Waals surface area contributed by atoms with Crippen molar-refractivity contribution in [2.75, 3.05) is 5.32 Å². The van der Waals surface area contributed by atoms with Crippen LogP contribution in [-0.2, 0) is 6.54 Å². The fourth-order valence-corrected chi connectivity index (χ4v) is 2.65. The van der Waals surface area contributed by atoms with Crippen LogP contribution in [0.5, 0.6) is 0 Å². The van der Waals surface area contributed by atoms with Crippen molar-refractivity contribution in [3.8, 4) is 11.3 Å². The minimum Gasteiger partial charge on any atom is -0.366 e. The molecule has 3 aromatic heterocycles. The predicted molar refractivity (Wildman–Crippen MR) is 98.2 cm³/mol. The minimum atomic E-state index is 0.681. The lowest BCUT2D eigenvalue weighted by atomic mass is 10.0. The van der Waals surface area contributed by atoms with Gasteiger partial charge in [0.15, 0.2) is 5.65 Å². The van der Waals surface area contributed by atoms with Gasteiger partial charge in [-0.3, -0.25) is 4.98 Å². The molecular weight excluding hydrogens is 297 g/mol. The van der Waals surface area contributed by atoms with Crippen LogP contribution >= 0.6 is 0 Å². The molecule has 0 spiro atoms. The number of aromatic nitrogens is 4. The molecule has 0 fully saturated rings. The molecule has 0 saturated heterocycles.